The largest absolute Gasteiger partial charge is 0.492 e. The van der Waals surface area contributed by atoms with Gasteiger partial charge in [0.2, 0.25) is 5.91 Å². The van der Waals surface area contributed by atoms with Crippen LogP contribution in [0.1, 0.15) is 29.7 Å². The van der Waals surface area contributed by atoms with Gasteiger partial charge in [-0.15, -0.1) is 0 Å². The number of hydrogen-bond donors (Lipinski definition) is 1. The summed E-state index contributed by atoms with van der Waals surface area (Å²) in [4.78, 5) is 26.0. The lowest BCUT2D eigenvalue weighted by Gasteiger charge is -2.20. The fourth-order valence-electron chi connectivity index (χ4n) is 3.14. The van der Waals surface area contributed by atoms with Gasteiger partial charge in [0.05, 0.1) is 12.2 Å². The van der Waals surface area contributed by atoms with E-state index in [1.165, 1.54) is 12.5 Å². The lowest BCUT2D eigenvalue weighted by Crippen LogP contribution is -2.38. The van der Waals surface area contributed by atoms with Crippen molar-refractivity contribution in [3.05, 3.63) is 59.2 Å². The number of hydrogen-bond acceptors (Lipinski definition) is 3. The summed E-state index contributed by atoms with van der Waals surface area (Å²) in [6.07, 6.45) is 0. The topological polar surface area (TPSA) is 58.6 Å². The molecule has 25 heavy (non-hydrogen) atoms. The van der Waals surface area contributed by atoms with Crippen LogP contribution in [0.3, 0.4) is 0 Å². The van der Waals surface area contributed by atoms with E-state index in [2.05, 4.69) is 5.32 Å². The number of nitrogens with one attached hydrogen (secondary N) is 1. The lowest BCUT2D eigenvalue weighted by molar-refractivity contribution is -0.126. The van der Waals surface area contributed by atoms with Crippen molar-refractivity contribution in [1.82, 2.24) is 5.32 Å². The molecule has 0 unspecified atom stereocenters. The Morgan fingerprint density at radius 2 is 1.88 bits per heavy atom. The van der Waals surface area contributed by atoms with Crippen molar-refractivity contribution in [2.75, 3.05) is 18.1 Å². The predicted octanol–water partition coefficient (Wildman–Crippen LogP) is 2.91. The molecule has 0 aliphatic carbocycles. The maximum atomic E-state index is 12.8. The van der Waals surface area contributed by atoms with E-state index in [0.717, 1.165) is 22.6 Å². The predicted molar refractivity (Wildman–Crippen MR) is 96.8 cm³/mol. The number of benzene rings is 2. The third-order valence-electron chi connectivity index (χ3n) is 4.32. The number of fused-ring (bicyclic) bond motifs is 1. The van der Waals surface area contributed by atoms with Crippen LogP contribution in [0.25, 0.3) is 0 Å². The zero-order valence-electron chi connectivity index (χ0n) is 14.7. The molecule has 5 nitrogen and oxygen atoms in total. The first-order valence-electron chi connectivity index (χ1n) is 8.35. The molecule has 0 fully saturated rings. The van der Waals surface area contributed by atoms with Gasteiger partial charge in [0.25, 0.3) is 5.91 Å². The van der Waals surface area contributed by atoms with E-state index in [-0.39, 0.29) is 11.8 Å². The number of carbonyl (C=O) groups excluding carboxylic acids is 2. The highest BCUT2D eigenvalue weighted by Crippen LogP contribution is 2.38. The number of anilines is 1. The summed E-state index contributed by atoms with van der Waals surface area (Å²) in [6, 6.07) is 13.0. The normalized spacial score (nSPS) is 15.9. The summed E-state index contributed by atoms with van der Waals surface area (Å²) in [5.41, 5.74) is 3.90. The summed E-state index contributed by atoms with van der Waals surface area (Å²) < 4.78 is 5.76. The van der Waals surface area contributed by atoms with Gasteiger partial charge in [-0.05, 0) is 31.5 Å². The van der Waals surface area contributed by atoms with Crippen LogP contribution in [0, 0.1) is 13.8 Å². The van der Waals surface area contributed by atoms with Gasteiger partial charge in [-0.3, -0.25) is 9.59 Å². The summed E-state index contributed by atoms with van der Waals surface area (Å²) in [7, 11) is 0. The minimum atomic E-state index is -0.619. The number of nitrogens with zero attached hydrogens (tertiary/aromatic N) is 1. The number of para-hydroxylation sites is 1. The maximum absolute atomic E-state index is 12.8. The molecule has 0 radical (unpaired) electrons. The van der Waals surface area contributed by atoms with Gasteiger partial charge in [0, 0.05) is 12.5 Å². The molecule has 1 aliphatic heterocycles. The number of aryl methyl sites for hydroxylation is 2. The Kier molecular flexibility index (Phi) is 4.74. The van der Waals surface area contributed by atoms with E-state index >= 15 is 0 Å². The Bertz CT molecular complexity index is 799. The van der Waals surface area contributed by atoms with Crippen molar-refractivity contribution in [1.29, 1.82) is 0 Å². The van der Waals surface area contributed by atoms with Gasteiger partial charge < -0.3 is 15.0 Å². The van der Waals surface area contributed by atoms with Crippen LogP contribution >= 0.6 is 0 Å². The molecule has 2 amide bonds. The second kappa shape index (κ2) is 6.97. The first-order valence-corrected chi connectivity index (χ1v) is 8.35. The second-order valence-corrected chi connectivity index (χ2v) is 6.30. The van der Waals surface area contributed by atoms with Crippen LogP contribution in [0.5, 0.6) is 5.75 Å². The molecule has 1 heterocycles. The fourth-order valence-corrected chi connectivity index (χ4v) is 3.14. The summed E-state index contributed by atoms with van der Waals surface area (Å²) in [6.45, 7) is 6.23. The molecule has 2 aromatic rings. The third kappa shape index (κ3) is 3.50. The first kappa shape index (κ1) is 17.0. The van der Waals surface area contributed by atoms with E-state index in [4.69, 9.17) is 4.74 Å². The smallest absolute Gasteiger partial charge is 0.254 e. The van der Waals surface area contributed by atoms with Crippen molar-refractivity contribution in [3.8, 4) is 5.75 Å². The van der Waals surface area contributed by atoms with Gasteiger partial charge in [-0.25, -0.2) is 0 Å². The molecular formula is C20H22N2O3. The number of amides is 2. The van der Waals surface area contributed by atoms with Gasteiger partial charge in [0.15, 0.2) is 0 Å². The molecule has 1 aliphatic rings. The van der Waals surface area contributed by atoms with Gasteiger partial charge >= 0.3 is 0 Å². The summed E-state index contributed by atoms with van der Waals surface area (Å²) in [5, 5.41) is 2.75. The van der Waals surface area contributed by atoms with Crippen molar-refractivity contribution in [3.63, 3.8) is 0 Å². The Balaban J connectivity index is 1.76. The first-order chi connectivity index (χ1) is 12.0. The number of ether oxygens (including phenoxy) is 1. The standard InChI is InChI=1S/C20H22N2O3/c1-13-7-9-16(10-8-13)25-12-11-22-19-14(2)5-4-6-17(19)18(20(22)24)21-15(3)23/h4-10,18H,11-12H2,1-3H3,(H,21,23)/t18-/m1/s1. The molecule has 1 atom stereocenters. The van der Waals surface area contributed by atoms with Crippen molar-refractivity contribution in [2.24, 2.45) is 0 Å². The molecule has 0 saturated carbocycles. The quantitative estimate of drug-likeness (QED) is 0.912. The average molecular weight is 338 g/mol. The molecule has 0 saturated heterocycles. The fraction of sp³-hybridized carbons (Fsp3) is 0.300. The molecule has 1 N–H and O–H groups in total. The number of carbonyl (C=O) groups is 2. The highest BCUT2D eigenvalue weighted by molar-refractivity contribution is 6.06. The molecule has 130 valence electrons. The molecular weight excluding hydrogens is 316 g/mol. The molecule has 0 spiro atoms. The molecule has 3 rings (SSSR count). The summed E-state index contributed by atoms with van der Waals surface area (Å²) in [5.74, 6) is 0.441. The minimum Gasteiger partial charge on any atom is -0.492 e. The van der Waals surface area contributed by atoms with Crippen molar-refractivity contribution < 1.29 is 14.3 Å². The SMILES string of the molecule is CC(=O)N[C@H]1C(=O)N(CCOc2ccc(C)cc2)c2c(C)cccc21. The van der Waals surface area contributed by atoms with Crippen LogP contribution < -0.4 is 15.0 Å². The van der Waals surface area contributed by atoms with Crippen molar-refractivity contribution in [2.45, 2.75) is 26.8 Å². The molecule has 5 heteroatoms. The Morgan fingerprint density at radius 1 is 1.16 bits per heavy atom. The Morgan fingerprint density at radius 3 is 2.56 bits per heavy atom. The van der Waals surface area contributed by atoms with Crippen LogP contribution in [-0.4, -0.2) is 25.0 Å². The van der Waals surface area contributed by atoms with E-state index in [1.807, 2.05) is 56.3 Å². The Hall–Kier alpha value is -2.82. The van der Waals surface area contributed by atoms with Gasteiger partial charge in [-0.2, -0.15) is 0 Å². The second-order valence-electron chi connectivity index (χ2n) is 6.30. The highest BCUT2D eigenvalue weighted by Gasteiger charge is 2.38. The average Bonchev–Trinajstić information content (AvgIpc) is 2.83. The van der Waals surface area contributed by atoms with Crippen LogP contribution in [0.4, 0.5) is 5.69 Å². The third-order valence-corrected chi connectivity index (χ3v) is 4.32. The lowest BCUT2D eigenvalue weighted by atomic mass is 10.1. The minimum absolute atomic E-state index is 0.119. The molecule has 2 aromatic carbocycles. The van der Waals surface area contributed by atoms with Crippen LogP contribution in [0.15, 0.2) is 42.5 Å². The van der Waals surface area contributed by atoms with E-state index < -0.39 is 6.04 Å². The van der Waals surface area contributed by atoms with Gasteiger partial charge in [-0.1, -0.05) is 35.9 Å². The maximum Gasteiger partial charge on any atom is 0.254 e. The van der Waals surface area contributed by atoms with Gasteiger partial charge in [0.1, 0.15) is 18.4 Å². The van der Waals surface area contributed by atoms with Crippen LogP contribution in [-0.2, 0) is 9.59 Å². The van der Waals surface area contributed by atoms with Crippen LogP contribution in [0.2, 0.25) is 0 Å². The van der Waals surface area contributed by atoms with Crippen molar-refractivity contribution >= 4 is 17.5 Å². The zero-order valence-corrected chi connectivity index (χ0v) is 14.7. The van der Waals surface area contributed by atoms with E-state index in [1.54, 1.807) is 4.90 Å². The highest BCUT2D eigenvalue weighted by atomic mass is 16.5. The Labute approximate surface area is 147 Å². The molecule has 0 aromatic heterocycles. The summed E-state index contributed by atoms with van der Waals surface area (Å²) >= 11 is 0. The monoisotopic (exact) mass is 338 g/mol. The van der Waals surface area contributed by atoms with E-state index in [0.29, 0.717) is 13.2 Å². The molecule has 0 bridgehead atoms. The number of rotatable bonds is 5. The zero-order chi connectivity index (χ0) is 18.0. The van der Waals surface area contributed by atoms with E-state index in [9.17, 15) is 9.59 Å².